The zero-order valence-corrected chi connectivity index (χ0v) is 12.7. The van der Waals surface area contributed by atoms with E-state index in [9.17, 15) is 9.59 Å². The summed E-state index contributed by atoms with van der Waals surface area (Å²) in [5, 5.41) is 4.31. The standard InChI is InChI=1S/C15H18ClN3O2/c1-8(15(21)19-9(2)14(17)20)5-10-7-18-13-6-11(16)3-4-12(10)13/h3-4,6-9,18H,5H2,1-2H3,(H2,17,20)(H,19,21)/t8-,9+/m0/s1. The van der Waals surface area contributed by atoms with E-state index in [4.69, 9.17) is 17.3 Å². The first kappa shape index (κ1) is 15.4. The summed E-state index contributed by atoms with van der Waals surface area (Å²) in [5.74, 6) is -0.997. The Hall–Kier alpha value is -2.01. The van der Waals surface area contributed by atoms with Crippen LogP contribution in [0.2, 0.25) is 5.02 Å². The molecule has 1 aromatic carbocycles. The summed E-state index contributed by atoms with van der Waals surface area (Å²) in [6, 6.07) is 4.93. The van der Waals surface area contributed by atoms with Crippen molar-refractivity contribution in [3.8, 4) is 0 Å². The fraction of sp³-hybridized carbons (Fsp3) is 0.333. The van der Waals surface area contributed by atoms with E-state index in [0.29, 0.717) is 11.4 Å². The minimum Gasteiger partial charge on any atom is -0.368 e. The van der Waals surface area contributed by atoms with Crippen molar-refractivity contribution in [1.82, 2.24) is 10.3 Å². The molecular weight excluding hydrogens is 290 g/mol. The highest BCUT2D eigenvalue weighted by Crippen LogP contribution is 2.24. The predicted octanol–water partition coefficient (Wildman–Crippen LogP) is 1.99. The van der Waals surface area contributed by atoms with Crippen LogP contribution in [0.5, 0.6) is 0 Å². The molecule has 0 aliphatic heterocycles. The predicted molar refractivity (Wildman–Crippen MR) is 83.0 cm³/mol. The Morgan fingerprint density at radius 1 is 1.38 bits per heavy atom. The van der Waals surface area contributed by atoms with E-state index in [1.54, 1.807) is 6.92 Å². The number of nitrogens with one attached hydrogen (secondary N) is 2. The molecule has 6 heteroatoms. The van der Waals surface area contributed by atoms with E-state index in [-0.39, 0.29) is 11.8 Å². The van der Waals surface area contributed by atoms with Crippen LogP contribution >= 0.6 is 11.6 Å². The molecule has 0 aliphatic carbocycles. The van der Waals surface area contributed by atoms with Gasteiger partial charge in [-0.1, -0.05) is 24.6 Å². The van der Waals surface area contributed by atoms with Crippen LogP contribution < -0.4 is 11.1 Å². The zero-order chi connectivity index (χ0) is 15.6. The quantitative estimate of drug-likeness (QED) is 0.788. The number of rotatable bonds is 5. The largest absolute Gasteiger partial charge is 0.368 e. The van der Waals surface area contributed by atoms with Crippen molar-refractivity contribution in [2.45, 2.75) is 26.3 Å². The summed E-state index contributed by atoms with van der Waals surface area (Å²) >= 11 is 5.94. The fourth-order valence-electron chi connectivity index (χ4n) is 2.18. The molecule has 2 atom stereocenters. The number of aromatic amines is 1. The van der Waals surface area contributed by atoms with Gasteiger partial charge in [0, 0.05) is 28.0 Å². The molecule has 0 radical (unpaired) electrons. The van der Waals surface area contributed by atoms with E-state index in [1.165, 1.54) is 0 Å². The summed E-state index contributed by atoms with van der Waals surface area (Å²) in [4.78, 5) is 26.1. The molecular formula is C15H18ClN3O2. The molecule has 0 fully saturated rings. The lowest BCUT2D eigenvalue weighted by atomic mass is 9.99. The van der Waals surface area contributed by atoms with E-state index in [1.807, 2.05) is 31.3 Å². The lowest BCUT2D eigenvalue weighted by molar-refractivity contribution is -0.129. The number of amides is 2. The van der Waals surface area contributed by atoms with Gasteiger partial charge in [0.25, 0.3) is 0 Å². The van der Waals surface area contributed by atoms with Crippen molar-refractivity contribution >= 4 is 34.3 Å². The third kappa shape index (κ3) is 3.55. The van der Waals surface area contributed by atoms with Crippen molar-refractivity contribution in [2.75, 3.05) is 0 Å². The minimum absolute atomic E-state index is 0.190. The molecule has 2 rings (SSSR count). The van der Waals surface area contributed by atoms with Crippen molar-refractivity contribution in [2.24, 2.45) is 11.7 Å². The van der Waals surface area contributed by atoms with Crippen LogP contribution in [-0.4, -0.2) is 22.8 Å². The molecule has 5 nitrogen and oxygen atoms in total. The van der Waals surface area contributed by atoms with Crippen LogP contribution in [-0.2, 0) is 16.0 Å². The molecule has 0 unspecified atom stereocenters. The summed E-state index contributed by atoms with van der Waals surface area (Å²) in [6.07, 6.45) is 2.45. The Morgan fingerprint density at radius 3 is 2.76 bits per heavy atom. The van der Waals surface area contributed by atoms with Gasteiger partial charge in [0.15, 0.2) is 0 Å². The average molecular weight is 308 g/mol. The normalized spacial score (nSPS) is 13.9. The van der Waals surface area contributed by atoms with Gasteiger partial charge in [0.05, 0.1) is 0 Å². The molecule has 2 aromatic rings. The van der Waals surface area contributed by atoms with Crippen LogP contribution in [0.1, 0.15) is 19.4 Å². The summed E-state index contributed by atoms with van der Waals surface area (Å²) < 4.78 is 0. The van der Waals surface area contributed by atoms with E-state index in [2.05, 4.69) is 10.3 Å². The smallest absolute Gasteiger partial charge is 0.239 e. The number of aromatic nitrogens is 1. The molecule has 112 valence electrons. The second kappa shape index (κ2) is 6.18. The van der Waals surface area contributed by atoms with Crippen LogP contribution in [0, 0.1) is 5.92 Å². The van der Waals surface area contributed by atoms with Gasteiger partial charge >= 0.3 is 0 Å². The second-order valence-electron chi connectivity index (χ2n) is 5.24. The monoisotopic (exact) mass is 307 g/mol. The molecule has 4 N–H and O–H groups in total. The maximum absolute atomic E-state index is 12.0. The number of primary amides is 1. The van der Waals surface area contributed by atoms with Crippen molar-refractivity contribution < 1.29 is 9.59 Å². The number of hydrogen-bond acceptors (Lipinski definition) is 2. The Balaban J connectivity index is 2.09. The molecule has 0 aliphatic rings. The van der Waals surface area contributed by atoms with Gasteiger partial charge in [-0.05, 0) is 31.0 Å². The molecule has 21 heavy (non-hydrogen) atoms. The van der Waals surface area contributed by atoms with Crippen LogP contribution in [0.4, 0.5) is 0 Å². The fourth-order valence-corrected chi connectivity index (χ4v) is 2.35. The molecule has 0 saturated heterocycles. The first-order valence-electron chi connectivity index (χ1n) is 6.73. The van der Waals surface area contributed by atoms with Crippen molar-refractivity contribution in [1.29, 1.82) is 0 Å². The zero-order valence-electron chi connectivity index (χ0n) is 11.9. The van der Waals surface area contributed by atoms with Gasteiger partial charge in [0.1, 0.15) is 6.04 Å². The Bertz CT molecular complexity index is 681. The molecule has 0 bridgehead atoms. The number of halogens is 1. The molecule has 1 heterocycles. The van der Waals surface area contributed by atoms with Crippen molar-refractivity contribution in [3.05, 3.63) is 35.0 Å². The lowest BCUT2D eigenvalue weighted by Crippen LogP contribution is -2.44. The number of benzene rings is 1. The average Bonchev–Trinajstić information content (AvgIpc) is 2.80. The molecule has 0 spiro atoms. The van der Waals surface area contributed by atoms with Crippen LogP contribution in [0.15, 0.2) is 24.4 Å². The summed E-state index contributed by atoms with van der Waals surface area (Å²) in [6.45, 7) is 3.39. The summed E-state index contributed by atoms with van der Waals surface area (Å²) in [5.41, 5.74) is 7.12. The number of H-pyrrole nitrogens is 1. The highest BCUT2D eigenvalue weighted by Gasteiger charge is 2.19. The van der Waals surface area contributed by atoms with E-state index < -0.39 is 11.9 Å². The molecule has 0 saturated carbocycles. The number of carbonyl (C=O) groups is 2. The number of carbonyl (C=O) groups excluding carboxylic acids is 2. The third-order valence-electron chi connectivity index (χ3n) is 3.49. The Morgan fingerprint density at radius 2 is 2.10 bits per heavy atom. The SMILES string of the molecule is C[C@@H](Cc1c[nH]c2cc(Cl)ccc12)C(=O)N[C@H](C)C(N)=O. The van der Waals surface area contributed by atoms with Gasteiger partial charge in [-0.25, -0.2) is 0 Å². The first-order valence-corrected chi connectivity index (χ1v) is 7.11. The number of fused-ring (bicyclic) bond motifs is 1. The number of hydrogen-bond donors (Lipinski definition) is 3. The maximum Gasteiger partial charge on any atom is 0.239 e. The highest BCUT2D eigenvalue weighted by molar-refractivity contribution is 6.31. The summed E-state index contributed by atoms with van der Waals surface area (Å²) in [7, 11) is 0. The Labute approximate surface area is 127 Å². The van der Waals surface area contributed by atoms with E-state index in [0.717, 1.165) is 16.5 Å². The van der Waals surface area contributed by atoms with Crippen molar-refractivity contribution in [3.63, 3.8) is 0 Å². The second-order valence-corrected chi connectivity index (χ2v) is 5.68. The maximum atomic E-state index is 12.0. The lowest BCUT2D eigenvalue weighted by Gasteiger charge is -2.15. The Kier molecular flexibility index (Phi) is 4.53. The highest BCUT2D eigenvalue weighted by atomic mass is 35.5. The van der Waals surface area contributed by atoms with Crippen LogP contribution in [0.25, 0.3) is 10.9 Å². The van der Waals surface area contributed by atoms with Gasteiger partial charge in [-0.2, -0.15) is 0 Å². The minimum atomic E-state index is -0.665. The van der Waals surface area contributed by atoms with Gasteiger partial charge in [0.2, 0.25) is 11.8 Å². The van der Waals surface area contributed by atoms with Crippen LogP contribution in [0.3, 0.4) is 0 Å². The topological polar surface area (TPSA) is 88.0 Å². The third-order valence-corrected chi connectivity index (χ3v) is 3.72. The van der Waals surface area contributed by atoms with Gasteiger partial charge < -0.3 is 16.0 Å². The first-order chi connectivity index (χ1) is 9.88. The number of nitrogens with two attached hydrogens (primary N) is 1. The molecule has 1 aromatic heterocycles. The van der Waals surface area contributed by atoms with Gasteiger partial charge in [-0.15, -0.1) is 0 Å². The van der Waals surface area contributed by atoms with Gasteiger partial charge in [-0.3, -0.25) is 9.59 Å². The molecule has 2 amide bonds. The van der Waals surface area contributed by atoms with E-state index >= 15 is 0 Å².